The highest BCUT2D eigenvalue weighted by atomic mass is 16.4. The normalized spacial score (nSPS) is 10.2. The third kappa shape index (κ3) is 3.90. The molecule has 0 bridgehead atoms. The number of carbonyl (C=O) groups is 1. The van der Waals surface area contributed by atoms with Crippen molar-refractivity contribution < 1.29 is 14.8 Å². The van der Waals surface area contributed by atoms with Gasteiger partial charge in [0.05, 0.1) is 13.0 Å². The highest BCUT2D eigenvalue weighted by molar-refractivity contribution is 6.39. The van der Waals surface area contributed by atoms with Crippen LogP contribution in [0.25, 0.3) is 0 Å². The Morgan fingerprint density at radius 2 is 2.05 bits per heavy atom. The maximum atomic E-state index is 11.8. The summed E-state index contributed by atoms with van der Waals surface area (Å²) >= 11 is 0. The van der Waals surface area contributed by atoms with Crippen LogP contribution in [0.3, 0.4) is 0 Å². The first-order valence-electron chi connectivity index (χ1n) is 5.73. The number of nitrogens with one attached hydrogen (secondary N) is 1. The maximum Gasteiger partial charge on any atom is 0.474 e. The number of hydrogen-bond donors (Lipinski definition) is 3. The Morgan fingerprint density at radius 3 is 2.74 bits per heavy atom. The van der Waals surface area contributed by atoms with Crippen molar-refractivity contribution in [1.82, 2.24) is 20.3 Å². The molecule has 1 aromatic carbocycles. The van der Waals surface area contributed by atoms with Crippen molar-refractivity contribution >= 4 is 13.0 Å². The van der Waals surface area contributed by atoms with Crippen molar-refractivity contribution in [1.29, 1.82) is 0 Å². The number of hydrogen-bond acceptors (Lipinski definition) is 5. The van der Waals surface area contributed by atoms with Gasteiger partial charge in [-0.05, 0) is 12.1 Å². The predicted octanol–water partition coefficient (Wildman–Crippen LogP) is -0.780. The van der Waals surface area contributed by atoms with E-state index in [0.29, 0.717) is 11.3 Å². The van der Waals surface area contributed by atoms with Crippen LogP contribution in [0.1, 0.15) is 16.1 Å². The molecule has 98 valence electrons. The summed E-state index contributed by atoms with van der Waals surface area (Å²) in [7, 11) is -1.48. The third-order valence-corrected chi connectivity index (χ3v) is 2.40. The Kier molecular flexibility index (Phi) is 4.27. The van der Waals surface area contributed by atoms with Gasteiger partial charge >= 0.3 is 7.12 Å². The van der Waals surface area contributed by atoms with Crippen LogP contribution in [-0.2, 0) is 13.0 Å². The van der Waals surface area contributed by atoms with Crippen molar-refractivity contribution in [2.75, 3.05) is 0 Å². The first-order chi connectivity index (χ1) is 9.15. The lowest BCUT2D eigenvalue weighted by molar-refractivity contribution is 0.0950. The zero-order valence-electron chi connectivity index (χ0n) is 10.1. The van der Waals surface area contributed by atoms with Crippen LogP contribution in [0.15, 0.2) is 36.5 Å². The van der Waals surface area contributed by atoms with E-state index < -0.39 is 7.12 Å². The van der Waals surface area contributed by atoms with Gasteiger partial charge < -0.3 is 15.4 Å². The van der Waals surface area contributed by atoms with Gasteiger partial charge in [0.2, 0.25) is 0 Å². The van der Waals surface area contributed by atoms with Crippen molar-refractivity contribution in [3.8, 4) is 0 Å². The number of benzene rings is 1. The molecule has 0 atom stereocenters. The zero-order chi connectivity index (χ0) is 13.7. The number of carbonyl (C=O) groups excluding carboxylic acids is 1. The summed E-state index contributed by atoms with van der Waals surface area (Å²) in [5.41, 5.74) is 1.12. The Bertz CT molecular complexity index is 544. The first-order valence-corrected chi connectivity index (χ1v) is 5.73. The third-order valence-electron chi connectivity index (χ3n) is 2.40. The van der Waals surface area contributed by atoms with E-state index in [4.69, 9.17) is 10.0 Å². The molecule has 1 amide bonds. The molecule has 0 radical (unpaired) electrons. The van der Waals surface area contributed by atoms with Crippen LogP contribution in [0.4, 0.5) is 0 Å². The molecule has 0 fully saturated rings. The highest BCUT2D eigenvalue weighted by Gasteiger charge is 2.10. The quantitative estimate of drug-likeness (QED) is 0.612. The van der Waals surface area contributed by atoms with E-state index in [1.165, 1.54) is 4.68 Å². The predicted molar refractivity (Wildman–Crippen MR) is 67.8 cm³/mol. The van der Waals surface area contributed by atoms with Crippen LogP contribution in [0, 0.1) is 0 Å². The van der Waals surface area contributed by atoms with Gasteiger partial charge in [-0.2, -0.15) is 0 Å². The van der Waals surface area contributed by atoms with Gasteiger partial charge in [-0.15, -0.1) is 5.10 Å². The number of aromatic nitrogens is 3. The van der Waals surface area contributed by atoms with E-state index in [1.54, 1.807) is 30.5 Å². The molecule has 0 aliphatic carbocycles. The molecule has 2 rings (SSSR count). The molecule has 0 unspecified atom stereocenters. The van der Waals surface area contributed by atoms with E-state index in [1.807, 2.05) is 6.07 Å². The standard InChI is InChI=1S/C11H13BN4O3/c17-11(9-4-2-1-3-5-9)13-6-10-7-16(15-14-10)8-12(18)19/h1-5,7,18-19H,6,8H2,(H,13,17). The summed E-state index contributed by atoms with van der Waals surface area (Å²) in [4.78, 5) is 11.8. The Labute approximate surface area is 110 Å². The van der Waals surface area contributed by atoms with Crippen LogP contribution in [0.5, 0.6) is 0 Å². The first kappa shape index (κ1) is 13.3. The Hall–Kier alpha value is -2.19. The number of nitrogens with zero attached hydrogens (tertiary/aromatic N) is 3. The van der Waals surface area contributed by atoms with Crippen LogP contribution >= 0.6 is 0 Å². The van der Waals surface area contributed by atoms with E-state index in [0.717, 1.165) is 0 Å². The minimum Gasteiger partial charge on any atom is -0.426 e. The van der Waals surface area contributed by atoms with Gasteiger partial charge in [0.15, 0.2) is 0 Å². The van der Waals surface area contributed by atoms with E-state index in [-0.39, 0.29) is 18.9 Å². The Morgan fingerprint density at radius 1 is 1.32 bits per heavy atom. The van der Waals surface area contributed by atoms with Gasteiger partial charge in [0.1, 0.15) is 5.69 Å². The van der Waals surface area contributed by atoms with Gasteiger partial charge in [-0.1, -0.05) is 23.4 Å². The number of rotatable bonds is 5. The fourth-order valence-corrected chi connectivity index (χ4v) is 1.54. The van der Waals surface area contributed by atoms with Crippen molar-refractivity contribution in [2.45, 2.75) is 13.0 Å². The smallest absolute Gasteiger partial charge is 0.426 e. The minimum atomic E-state index is -1.48. The van der Waals surface area contributed by atoms with E-state index in [9.17, 15) is 4.79 Å². The molecule has 0 saturated carbocycles. The second-order valence-corrected chi connectivity index (χ2v) is 3.96. The highest BCUT2D eigenvalue weighted by Crippen LogP contribution is 1.99. The molecule has 0 saturated heterocycles. The van der Waals surface area contributed by atoms with Crippen molar-refractivity contribution in [2.24, 2.45) is 0 Å². The monoisotopic (exact) mass is 260 g/mol. The van der Waals surface area contributed by atoms with Crippen molar-refractivity contribution in [3.63, 3.8) is 0 Å². The molecule has 1 heterocycles. The summed E-state index contributed by atoms with van der Waals surface area (Å²) in [6.07, 6.45) is 1.49. The average molecular weight is 260 g/mol. The lowest BCUT2D eigenvalue weighted by Crippen LogP contribution is -2.23. The summed E-state index contributed by atoms with van der Waals surface area (Å²) < 4.78 is 1.30. The van der Waals surface area contributed by atoms with Gasteiger partial charge in [0.25, 0.3) is 5.91 Å². The molecule has 0 aliphatic rings. The Balaban J connectivity index is 1.89. The van der Waals surface area contributed by atoms with Crippen molar-refractivity contribution in [3.05, 3.63) is 47.8 Å². The molecule has 8 heteroatoms. The lowest BCUT2D eigenvalue weighted by atomic mass is 9.93. The second kappa shape index (κ2) is 6.12. The summed E-state index contributed by atoms with van der Waals surface area (Å²) in [6.45, 7) is 0.231. The lowest BCUT2D eigenvalue weighted by Gasteiger charge is -2.02. The van der Waals surface area contributed by atoms with Crippen LogP contribution < -0.4 is 5.32 Å². The summed E-state index contributed by atoms with van der Waals surface area (Å²) in [6, 6.07) is 8.84. The summed E-state index contributed by atoms with van der Waals surface area (Å²) in [5, 5.41) is 27.8. The van der Waals surface area contributed by atoms with Crippen LogP contribution in [-0.4, -0.2) is 38.1 Å². The van der Waals surface area contributed by atoms with Gasteiger partial charge in [-0.25, -0.2) is 0 Å². The minimum absolute atomic E-state index is 0.0559. The summed E-state index contributed by atoms with van der Waals surface area (Å²) in [5.74, 6) is -0.197. The molecule has 7 nitrogen and oxygen atoms in total. The molecule has 1 aromatic heterocycles. The topological polar surface area (TPSA) is 100 Å². The molecule has 0 aliphatic heterocycles. The fourth-order valence-electron chi connectivity index (χ4n) is 1.54. The van der Waals surface area contributed by atoms with E-state index in [2.05, 4.69) is 15.6 Å². The van der Waals surface area contributed by atoms with Crippen LogP contribution in [0.2, 0.25) is 0 Å². The molecular weight excluding hydrogens is 247 g/mol. The maximum absolute atomic E-state index is 11.8. The molecule has 0 spiro atoms. The fraction of sp³-hybridized carbons (Fsp3) is 0.182. The average Bonchev–Trinajstić information content (AvgIpc) is 2.84. The molecule has 3 N–H and O–H groups in total. The zero-order valence-corrected chi connectivity index (χ0v) is 10.1. The SMILES string of the molecule is O=C(NCc1cn(CB(O)O)nn1)c1ccccc1. The number of amides is 1. The molecule has 19 heavy (non-hydrogen) atoms. The largest absolute Gasteiger partial charge is 0.474 e. The van der Waals surface area contributed by atoms with E-state index >= 15 is 0 Å². The van der Waals surface area contributed by atoms with Gasteiger partial charge in [0, 0.05) is 11.8 Å². The molecular formula is C11H13BN4O3. The van der Waals surface area contributed by atoms with Gasteiger partial charge in [-0.3, -0.25) is 9.48 Å². The second-order valence-electron chi connectivity index (χ2n) is 3.96. The molecule has 2 aromatic rings.